The number of methoxy groups -OCH3 is 1. The van der Waals surface area contributed by atoms with Crippen LogP contribution in [0.2, 0.25) is 0 Å². The molecule has 1 aromatic heterocycles. The number of fused-ring (bicyclic) bond motifs is 1. The third kappa shape index (κ3) is 2.04. The molecule has 1 aliphatic heterocycles. The first-order chi connectivity index (χ1) is 8.78. The van der Waals surface area contributed by atoms with Crippen LogP contribution in [0.15, 0.2) is 33.5 Å². The molecular formula is C13H12O5. The molecule has 94 valence electrons. The van der Waals surface area contributed by atoms with E-state index in [4.69, 9.17) is 18.6 Å². The summed E-state index contributed by atoms with van der Waals surface area (Å²) in [6.07, 6.45) is 0.125. The van der Waals surface area contributed by atoms with Crippen LogP contribution in [-0.4, -0.2) is 26.4 Å². The van der Waals surface area contributed by atoms with E-state index in [1.807, 2.05) is 6.07 Å². The minimum absolute atomic E-state index is 0.125. The van der Waals surface area contributed by atoms with Gasteiger partial charge in [-0.05, 0) is 18.2 Å². The highest BCUT2D eigenvalue weighted by Crippen LogP contribution is 2.35. The second-order valence-corrected chi connectivity index (χ2v) is 4.04. The lowest BCUT2D eigenvalue weighted by Crippen LogP contribution is -2.06. The van der Waals surface area contributed by atoms with Gasteiger partial charge in [0.15, 0.2) is 11.3 Å². The molecule has 2 aromatic rings. The number of hydrogen-bond donors (Lipinski definition) is 0. The Bertz CT molecular complexity index is 627. The van der Waals surface area contributed by atoms with Crippen LogP contribution < -0.4 is 15.1 Å². The Morgan fingerprint density at radius 2 is 2.11 bits per heavy atom. The number of ether oxygens (including phenoxy) is 3. The van der Waals surface area contributed by atoms with Crippen LogP contribution in [0.4, 0.5) is 0 Å². The van der Waals surface area contributed by atoms with Crippen LogP contribution in [0, 0.1) is 0 Å². The van der Waals surface area contributed by atoms with E-state index in [-0.39, 0.29) is 6.10 Å². The average Bonchev–Trinajstić information content (AvgIpc) is 3.19. The first-order valence-corrected chi connectivity index (χ1v) is 5.63. The Kier molecular flexibility index (Phi) is 2.68. The topological polar surface area (TPSA) is 61.2 Å². The molecule has 1 atom stereocenters. The summed E-state index contributed by atoms with van der Waals surface area (Å²) in [4.78, 5) is 11.3. The second kappa shape index (κ2) is 4.34. The molecule has 0 aliphatic carbocycles. The van der Waals surface area contributed by atoms with Crippen LogP contribution in [0.1, 0.15) is 0 Å². The quantitative estimate of drug-likeness (QED) is 0.607. The summed E-state index contributed by atoms with van der Waals surface area (Å²) in [6, 6.07) is 6.67. The molecule has 1 saturated heterocycles. The van der Waals surface area contributed by atoms with Crippen LogP contribution in [0.25, 0.3) is 11.0 Å². The van der Waals surface area contributed by atoms with Gasteiger partial charge in [-0.15, -0.1) is 0 Å². The zero-order valence-corrected chi connectivity index (χ0v) is 9.84. The molecule has 2 heterocycles. The fourth-order valence-electron chi connectivity index (χ4n) is 1.73. The molecule has 1 aromatic carbocycles. The summed E-state index contributed by atoms with van der Waals surface area (Å²) < 4.78 is 21.1. The number of hydrogen-bond acceptors (Lipinski definition) is 5. The molecule has 0 radical (unpaired) electrons. The van der Waals surface area contributed by atoms with Crippen molar-refractivity contribution in [1.29, 1.82) is 0 Å². The summed E-state index contributed by atoms with van der Waals surface area (Å²) in [6.45, 7) is 1.13. The van der Waals surface area contributed by atoms with E-state index < -0.39 is 5.63 Å². The molecule has 3 rings (SSSR count). The van der Waals surface area contributed by atoms with Crippen molar-refractivity contribution in [3.63, 3.8) is 0 Å². The summed E-state index contributed by atoms with van der Waals surface area (Å²) in [7, 11) is 1.54. The molecule has 0 bridgehead atoms. The van der Waals surface area contributed by atoms with E-state index in [1.54, 1.807) is 19.2 Å². The molecule has 1 fully saturated rings. The van der Waals surface area contributed by atoms with Gasteiger partial charge in [-0.3, -0.25) is 0 Å². The lowest BCUT2D eigenvalue weighted by Gasteiger charge is -2.11. The van der Waals surface area contributed by atoms with Crippen molar-refractivity contribution in [3.8, 4) is 11.5 Å². The SMILES string of the molecule is COc1ccc2ccc(=O)oc2c1OCC1CO1. The first kappa shape index (κ1) is 11.1. The van der Waals surface area contributed by atoms with Crippen molar-refractivity contribution in [2.75, 3.05) is 20.3 Å². The monoisotopic (exact) mass is 248 g/mol. The van der Waals surface area contributed by atoms with Crippen LogP contribution >= 0.6 is 0 Å². The minimum atomic E-state index is -0.414. The predicted octanol–water partition coefficient (Wildman–Crippen LogP) is 1.58. The molecule has 0 saturated carbocycles. The summed E-state index contributed by atoms with van der Waals surface area (Å²) in [5.74, 6) is 0.987. The Morgan fingerprint density at radius 3 is 2.83 bits per heavy atom. The molecule has 0 amide bonds. The normalized spacial score (nSPS) is 17.7. The molecule has 5 nitrogen and oxygen atoms in total. The third-order valence-corrected chi connectivity index (χ3v) is 2.74. The van der Waals surface area contributed by atoms with Crippen molar-refractivity contribution in [2.45, 2.75) is 6.10 Å². The van der Waals surface area contributed by atoms with Crippen molar-refractivity contribution in [2.24, 2.45) is 0 Å². The minimum Gasteiger partial charge on any atom is -0.493 e. The molecule has 18 heavy (non-hydrogen) atoms. The van der Waals surface area contributed by atoms with Gasteiger partial charge in [0.05, 0.1) is 13.7 Å². The van der Waals surface area contributed by atoms with Gasteiger partial charge < -0.3 is 18.6 Å². The van der Waals surface area contributed by atoms with Crippen molar-refractivity contribution < 1.29 is 18.6 Å². The van der Waals surface area contributed by atoms with Crippen LogP contribution in [0.3, 0.4) is 0 Å². The molecule has 0 N–H and O–H groups in total. The van der Waals surface area contributed by atoms with E-state index in [2.05, 4.69) is 0 Å². The number of benzene rings is 1. The Labute approximate surface area is 103 Å². The van der Waals surface area contributed by atoms with E-state index in [0.717, 1.165) is 5.39 Å². The number of epoxide rings is 1. The zero-order valence-electron chi connectivity index (χ0n) is 9.84. The highest BCUT2D eigenvalue weighted by Gasteiger charge is 2.24. The number of rotatable bonds is 4. The van der Waals surface area contributed by atoms with Crippen molar-refractivity contribution in [3.05, 3.63) is 34.7 Å². The summed E-state index contributed by atoms with van der Waals surface area (Å²) >= 11 is 0. The third-order valence-electron chi connectivity index (χ3n) is 2.74. The fraction of sp³-hybridized carbons (Fsp3) is 0.308. The maximum atomic E-state index is 11.3. The molecule has 5 heteroatoms. The van der Waals surface area contributed by atoms with Gasteiger partial charge >= 0.3 is 5.63 Å². The zero-order chi connectivity index (χ0) is 12.5. The van der Waals surface area contributed by atoms with Crippen LogP contribution in [0.5, 0.6) is 11.5 Å². The first-order valence-electron chi connectivity index (χ1n) is 5.63. The highest BCUT2D eigenvalue weighted by molar-refractivity contribution is 5.85. The van der Waals surface area contributed by atoms with Crippen molar-refractivity contribution in [1.82, 2.24) is 0 Å². The van der Waals surface area contributed by atoms with Gasteiger partial charge in [-0.2, -0.15) is 0 Å². The Hall–Kier alpha value is -2.01. The van der Waals surface area contributed by atoms with E-state index in [0.29, 0.717) is 30.3 Å². The lowest BCUT2D eigenvalue weighted by molar-refractivity contribution is 0.251. The Morgan fingerprint density at radius 1 is 1.33 bits per heavy atom. The largest absolute Gasteiger partial charge is 0.493 e. The molecule has 1 unspecified atom stereocenters. The van der Waals surface area contributed by atoms with E-state index in [9.17, 15) is 4.79 Å². The summed E-state index contributed by atoms with van der Waals surface area (Å²) in [5, 5.41) is 0.794. The van der Waals surface area contributed by atoms with Crippen LogP contribution in [-0.2, 0) is 4.74 Å². The molecule has 1 aliphatic rings. The highest BCUT2D eigenvalue weighted by atomic mass is 16.6. The fourth-order valence-corrected chi connectivity index (χ4v) is 1.73. The second-order valence-electron chi connectivity index (χ2n) is 4.04. The van der Waals surface area contributed by atoms with E-state index in [1.165, 1.54) is 6.07 Å². The Balaban J connectivity index is 2.09. The maximum absolute atomic E-state index is 11.3. The van der Waals surface area contributed by atoms with Gasteiger partial charge in [0, 0.05) is 11.5 Å². The average molecular weight is 248 g/mol. The van der Waals surface area contributed by atoms with Gasteiger partial charge in [0.25, 0.3) is 0 Å². The molecular weight excluding hydrogens is 236 g/mol. The molecule has 0 spiro atoms. The van der Waals surface area contributed by atoms with E-state index >= 15 is 0 Å². The maximum Gasteiger partial charge on any atom is 0.336 e. The lowest BCUT2D eigenvalue weighted by atomic mass is 10.2. The summed E-state index contributed by atoms with van der Waals surface area (Å²) in [5.41, 5.74) is -0.00854. The van der Waals surface area contributed by atoms with Gasteiger partial charge in [0.2, 0.25) is 5.75 Å². The van der Waals surface area contributed by atoms with Gasteiger partial charge in [0.1, 0.15) is 12.7 Å². The van der Waals surface area contributed by atoms with Gasteiger partial charge in [-0.1, -0.05) is 0 Å². The predicted molar refractivity (Wildman–Crippen MR) is 64.3 cm³/mol. The standard InChI is InChI=1S/C13H12O5/c1-15-10-4-2-8-3-5-11(14)18-12(8)13(10)17-7-9-6-16-9/h2-5,9H,6-7H2,1H3. The van der Waals surface area contributed by atoms with Crippen molar-refractivity contribution >= 4 is 11.0 Å². The van der Waals surface area contributed by atoms with Gasteiger partial charge in [-0.25, -0.2) is 4.79 Å². The smallest absolute Gasteiger partial charge is 0.336 e.